The lowest BCUT2D eigenvalue weighted by Gasteiger charge is -2.15. The molecule has 2 aliphatic heterocycles. The molecule has 0 saturated carbocycles. The lowest BCUT2D eigenvalue weighted by molar-refractivity contribution is -0.116. The molecule has 0 fully saturated rings. The quantitative estimate of drug-likeness (QED) is 0.857. The number of anilines is 1. The highest BCUT2D eigenvalue weighted by molar-refractivity contribution is 7.89. The molecule has 136 valence electrons. The number of carbonyl (C=O) groups is 1. The first kappa shape index (κ1) is 17.2. The molecule has 0 saturated heterocycles. The number of benzene rings is 2. The molecule has 2 aliphatic rings. The second-order valence-corrected chi connectivity index (χ2v) is 8.51. The Hall–Kier alpha value is -2.22. The third-order valence-electron chi connectivity index (χ3n) is 5.00. The summed E-state index contributed by atoms with van der Waals surface area (Å²) in [6.45, 7) is 4.08. The van der Waals surface area contributed by atoms with Crippen LogP contribution in [0.15, 0.2) is 41.3 Å². The molecule has 0 unspecified atom stereocenters. The molecule has 0 spiro atoms. The molecule has 0 aliphatic carbocycles. The van der Waals surface area contributed by atoms with Crippen LogP contribution in [0.4, 0.5) is 5.69 Å². The van der Waals surface area contributed by atoms with Gasteiger partial charge in [0, 0.05) is 38.8 Å². The van der Waals surface area contributed by atoms with Gasteiger partial charge in [0.05, 0.1) is 4.90 Å². The van der Waals surface area contributed by atoms with Gasteiger partial charge in [-0.1, -0.05) is 18.2 Å². The molecule has 6 nitrogen and oxygen atoms in total. The fourth-order valence-corrected chi connectivity index (χ4v) is 4.66. The smallest absolute Gasteiger partial charge is 0.240 e. The minimum Gasteiger partial charge on any atom is -0.312 e. The van der Waals surface area contributed by atoms with E-state index in [1.807, 2.05) is 18.2 Å². The summed E-state index contributed by atoms with van der Waals surface area (Å²) in [6.07, 6.45) is 0.677. The number of sulfonamides is 1. The fourth-order valence-electron chi connectivity index (χ4n) is 3.59. The Kier molecular flexibility index (Phi) is 4.30. The van der Waals surface area contributed by atoms with Gasteiger partial charge in [-0.15, -0.1) is 0 Å². The molecule has 4 rings (SSSR count). The molecule has 2 aromatic carbocycles. The van der Waals surface area contributed by atoms with Gasteiger partial charge in [0.15, 0.2) is 0 Å². The van der Waals surface area contributed by atoms with E-state index in [9.17, 15) is 13.2 Å². The van der Waals surface area contributed by atoms with Crippen LogP contribution in [0.5, 0.6) is 0 Å². The Morgan fingerprint density at radius 2 is 1.92 bits per heavy atom. The molecular weight excluding hydrogens is 350 g/mol. The van der Waals surface area contributed by atoms with Crippen molar-refractivity contribution in [2.24, 2.45) is 0 Å². The van der Waals surface area contributed by atoms with Crippen molar-refractivity contribution >= 4 is 21.6 Å². The van der Waals surface area contributed by atoms with Crippen LogP contribution in [0.25, 0.3) is 0 Å². The molecule has 0 aromatic heterocycles. The van der Waals surface area contributed by atoms with Gasteiger partial charge in [-0.2, -0.15) is 0 Å². The first-order valence-electron chi connectivity index (χ1n) is 8.66. The van der Waals surface area contributed by atoms with E-state index in [0.29, 0.717) is 13.0 Å². The molecular formula is C19H21N3O3S. The van der Waals surface area contributed by atoms with E-state index in [2.05, 4.69) is 10.0 Å². The molecule has 2 N–H and O–H groups in total. The van der Waals surface area contributed by atoms with Gasteiger partial charge < -0.3 is 10.2 Å². The van der Waals surface area contributed by atoms with E-state index in [4.69, 9.17) is 0 Å². The Morgan fingerprint density at radius 3 is 2.73 bits per heavy atom. The summed E-state index contributed by atoms with van der Waals surface area (Å²) in [7, 11) is -3.60. The van der Waals surface area contributed by atoms with Crippen molar-refractivity contribution in [3.8, 4) is 0 Å². The monoisotopic (exact) mass is 371 g/mol. The zero-order valence-electron chi connectivity index (χ0n) is 14.6. The van der Waals surface area contributed by atoms with Gasteiger partial charge in [0.2, 0.25) is 15.9 Å². The number of carbonyl (C=O) groups excluding carboxylic acids is 1. The van der Waals surface area contributed by atoms with Crippen molar-refractivity contribution in [2.75, 3.05) is 11.4 Å². The van der Waals surface area contributed by atoms with Gasteiger partial charge in [0.1, 0.15) is 0 Å². The topological polar surface area (TPSA) is 78.5 Å². The van der Waals surface area contributed by atoms with E-state index in [1.165, 1.54) is 18.1 Å². The number of fused-ring (bicyclic) bond motifs is 2. The van der Waals surface area contributed by atoms with Crippen LogP contribution in [0.1, 0.15) is 29.2 Å². The third-order valence-corrected chi connectivity index (χ3v) is 6.40. The maximum absolute atomic E-state index is 12.7. The van der Waals surface area contributed by atoms with Crippen molar-refractivity contribution in [1.82, 2.24) is 10.0 Å². The largest absolute Gasteiger partial charge is 0.312 e. The lowest BCUT2D eigenvalue weighted by Crippen LogP contribution is -2.26. The number of hydrogen-bond acceptors (Lipinski definition) is 4. The summed E-state index contributed by atoms with van der Waals surface area (Å²) in [5, 5.41) is 3.28. The molecule has 0 atom stereocenters. The Labute approximate surface area is 153 Å². The van der Waals surface area contributed by atoms with Gasteiger partial charge in [-0.3, -0.25) is 4.79 Å². The van der Waals surface area contributed by atoms with Crippen LogP contribution in [-0.2, 0) is 40.9 Å². The molecule has 0 radical (unpaired) electrons. The molecule has 2 aromatic rings. The summed E-state index contributed by atoms with van der Waals surface area (Å²) >= 11 is 0. The summed E-state index contributed by atoms with van der Waals surface area (Å²) in [4.78, 5) is 13.5. The van der Waals surface area contributed by atoms with Gasteiger partial charge in [-0.25, -0.2) is 13.1 Å². The fraction of sp³-hybridized carbons (Fsp3) is 0.316. The normalized spacial score (nSPS) is 15.8. The summed E-state index contributed by atoms with van der Waals surface area (Å²) in [5.74, 6) is -0.0245. The van der Waals surface area contributed by atoms with Gasteiger partial charge >= 0.3 is 0 Å². The van der Waals surface area contributed by atoms with Crippen LogP contribution >= 0.6 is 0 Å². The third kappa shape index (κ3) is 3.13. The van der Waals surface area contributed by atoms with Gasteiger partial charge in [-0.05, 0) is 46.9 Å². The summed E-state index contributed by atoms with van der Waals surface area (Å²) in [5.41, 5.74) is 5.14. The molecule has 1 amide bonds. The number of rotatable bonds is 4. The minimum absolute atomic E-state index is 0.0245. The second kappa shape index (κ2) is 6.50. The van der Waals surface area contributed by atoms with E-state index in [1.54, 1.807) is 23.1 Å². The lowest BCUT2D eigenvalue weighted by atomic mass is 10.1. The standard InChI is InChI=1S/C19H21N3O3S/c1-13(23)22-7-6-15-9-18(4-5-19(15)22)26(24,25)21-10-14-2-3-16-11-20-12-17(16)8-14/h2-5,8-9,20-21H,6-7,10-12H2,1H3. The SMILES string of the molecule is CC(=O)N1CCc2cc(S(=O)(=O)NCc3ccc4c(c3)CNC4)ccc21. The minimum atomic E-state index is -3.60. The Balaban J connectivity index is 1.51. The predicted octanol–water partition coefficient (Wildman–Crippen LogP) is 1.68. The van der Waals surface area contributed by atoms with Crippen molar-refractivity contribution < 1.29 is 13.2 Å². The second-order valence-electron chi connectivity index (χ2n) is 6.74. The summed E-state index contributed by atoms with van der Waals surface area (Å²) in [6, 6.07) is 11.0. The van der Waals surface area contributed by atoms with Crippen LogP contribution in [0, 0.1) is 0 Å². The molecule has 0 bridgehead atoms. The van der Waals surface area contributed by atoms with E-state index >= 15 is 0 Å². The highest BCUT2D eigenvalue weighted by Gasteiger charge is 2.24. The first-order chi connectivity index (χ1) is 12.4. The van der Waals surface area contributed by atoms with E-state index in [0.717, 1.165) is 29.9 Å². The van der Waals surface area contributed by atoms with Crippen LogP contribution in [-0.4, -0.2) is 20.9 Å². The first-order valence-corrected chi connectivity index (χ1v) is 10.1. The van der Waals surface area contributed by atoms with Gasteiger partial charge in [0.25, 0.3) is 0 Å². The zero-order valence-corrected chi connectivity index (χ0v) is 15.4. The Bertz CT molecular complexity index is 986. The van der Waals surface area contributed by atoms with E-state index in [-0.39, 0.29) is 17.3 Å². The molecule has 2 heterocycles. The maximum Gasteiger partial charge on any atom is 0.240 e. The average Bonchev–Trinajstić information content (AvgIpc) is 3.25. The maximum atomic E-state index is 12.7. The number of nitrogens with zero attached hydrogens (tertiary/aromatic N) is 1. The van der Waals surface area contributed by atoms with Crippen molar-refractivity contribution in [3.63, 3.8) is 0 Å². The molecule has 26 heavy (non-hydrogen) atoms. The summed E-state index contributed by atoms with van der Waals surface area (Å²) < 4.78 is 28.0. The zero-order chi connectivity index (χ0) is 18.3. The van der Waals surface area contributed by atoms with Crippen molar-refractivity contribution in [2.45, 2.75) is 37.9 Å². The Morgan fingerprint density at radius 1 is 1.12 bits per heavy atom. The predicted molar refractivity (Wildman–Crippen MR) is 99.2 cm³/mol. The molecule has 7 heteroatoms. The highest BCUT2D eigenvalue weighted by atomic mass is 32.2. The average molecular weight is 371 g/mol. The van der Waals surface area contributed by atoms with Crippen molar-refractivity contribution in [1.29, 1.82) is 0 Å². The number of nitrogens with one attached hydrogen (secondary N) is 2. The number of amides is 1. The van der Waals surface area contributed by atoms with Crippen LogP contribution < -0.4 is 14.9 Å². The van der Waals surface area contributed by atoms with Crippen LogP contribution in [0.3, 0.4) is 0 Å². The highest BCUT2D eigenvalue weighted by Crippen LogP contribution is 2.30. The van der Waals surface area contributed by atoms with E-state index < -0.39 is 10.0 Å². The number of hydrogen-bond donors (Lipinski definition) is 2. The van der Waals surface area contributed by atoms with Crippen LogP contribution in [0.2, 0.25) is 0 Å². The van der Waals surface area contributed by atoms with Crippen molar-refractivity contribution in [3.05, 3.63) is 58.7 Å².